The fourth-order valence-electron chi connectivity index (χ4n) is 2.68. The quantitative estimate of drug-likeness (QED) is 0.523. The summed E-state index contributed by atoms with van der Waals surface area (Å²) in [4.78, 5) is 21.0. The van der Waals surface area contributed by atoms with Crippen LogP contribution in [0.2, 0.25) is 0 Å². The van der Waals surface area contributed by atoms with Crippen LogP contribution in [0.4, 0.5) is 18.3 Å². The number of anilines is 1. The van der Waals surface area contributed by atoms with Crippen LogP contribution in [0.1, 0.15) is 15.9 Å². The summed E-state index contributed by atoms with van der Waals surface area (Å²) < 4.78 is 44.5. The van der Waals surface area contributed by atoms with Crippen molar-refractivity contribution in [3.05, 3.63) is 53.6 Å². The van der Waals surface area contributed by atoms with Crippen molar-refractivity contribution in [3.8, 4) is 5.75 Å². The molecule has 3 aromatic rings. The van der Waals surface area contributed by atoms with Gasteiger partial charge in [0.25, 0.3) is 5.91 Å². The lowest BCUT2D eigenvalue weighted by Crippen LogP contribution is -2.36. The number of benzene rings is 2. The zero-order valence-electron chi connectivity index (χ0n) is 16.6. The molecule has 1 heterocycles. The largest absolute Gasteiger partial charge is 0.497 e. The molecular weight excluding hydrogens is 439 g/mol. The van der Waals surface area contributed by atoms with Crippen LogP contribution in [0.3, 0.4) is 0 Å². The summed E-state index contributed by atoms with van der Waals surface area (Å²) in [6.07, 6.45) is -4.45. The van der Waals surface area contributed by atoms with Crippen LogP contribution < -0.4 is 9.64 Å². The van der Waals surface area contributed by atoms with Crippen molar-refractivity contribution < 1.29 is 22.7 Å². The number of likely N-dealkylation sites (N-methyl/N-ethyl adjacent to an activating group) is 1. The Kier molecular flexibility index (Phi) is 7.68. The molecule has 0 unspecified atom stereocenters. The van der Waals surface area contributed by atoms with Crippen molar-refractivity contribution in [2.75, 3.05) is 39.2 Å². The first-order valence-corrected chi connectivity index (χ1v) is 9.59. The van der Waals surface area contributed by atoms with Gasteiger partial charge in [0, 0.05) is 18.7 Å². The van der Waals surface area contributed by atoms with E-state index in [0.717, 1.165) is 22.3 Å². The molecule has 0 radical (unpaired) electrons. The highest BCUT2D eigenvalue weighted by molar-refractivity contribution is 7.22. The summed E-state index contributed by atoms with van der Waals surface area (Å²) in [6, 6.07) is 9.66. The van der Waals surface area contributed by atoms with E-state index in [1.807, 2.05) is 25.1 Å². The van der Waals surface area contributed by atoms with E-state index in [1.165, 1.54) is 28.4 Å². The molecule has 0 atom stereocenters. The SMILES string of the molecule is COc1ccc2nc(N(CCN(C)C)C(=O)c3ccc(C(F)(F)F)cc3)sc2c1.Cl. The number of carbonyl (C=O) groups excluding carboxylic acids is 1. The van der Waals surface area contributed by atoms with Crippen LogP contribution in [-0.4, -0.2) is 50.1 Å². The van der Waals surface area contributed by atoms with Gasteiger partial charge >= 0.3 is 6.18 Å². The molecule has 10 heteroatoms. The molecule has 2 aromatic carbocycles. The van der Waals surface area contributed by atoms with Crippen LogP contribution in [-0.2, 0) is 6.18 Å². The number of nitrogens with zero attached hydrogens (tertiary/aromatic N) is 3. The molecule has 0 fully saturated rings. The minimum absolute atomic E-state index is 0. The number of amides is 1. The third-order valence-electron chi connectivity index (χ3n) is 4.29. The molecular formula is C20H21ClF3N3O2S. The van der Waals surface area contributed by atoms with Crippen LogP contribution in [0.15, 0.2) is 42.5 Å². The lowest BCUT2D eigenvalue weighted by atomic mass is 10.1. The van der Waals surface area contributed by atoms with Crippen molar-refractivity contribution in [1.82, 2.24) is 9.88 Å². The molecule has 3 rings (SSSR count). The number of fused-ring (bicyclic) bond motifs is 1. The number of rotatable bonds is 6. The van der Waals surface area contributed by atoms with E-state index in [0.29, 0.717) is 24.0 Å². The number of aromatic nitrogens is 1. The Morgan fingerprint density at radius 1 is 1.10 bits per heavy atom. The van der Waals surface area contributed by atoms with E-state index >= 15 is 0 Å². The maximum atomic E-state index is 13.1. The maximum absolute atomic E-state index is 13.1. The van der Waals surface area contributed by atoms with E-state index in [1.54, 1.807) is 19.2 Å². The van der Waals surface area contributed by atoms with Gasteiger partial charge in [0.15, 0.2) is 5.13 Å². The second-order valence-corrected chi connectivity index (χ2v) is 7.67. The van der Waals surface area contributed by atoms with E-state index in [9.17, 15) is 18.0 Å². The molecule has 30 heavy (non-hydrogen) atoms. The van der Waals surface area contributed by atoms with E-state index in [4.69, 9.17) is 4.74 Å². The van der Waals surface area contributed by atoms with Crippen molar-refractivity contribution in [2.45, 2.75) is 6.18 Å². The molecule has 0 saturated heterocycles. The van der Waals surface area contributed by atoms with Crippen molar-refractivity contribution >= 4 is 45.0 Å². The van der Waals surface area contributed by atoms with E-state index in [2.05, 4.69) is 4.98 Å². The van der Waals surface area contributed by atoms with Gasteiger partial charge in [-0.3, -0.25) is 9.69 Å². The van der Waals surface area contributed by atoms with Gasteiger partial charge in [-0.2, -0.15) is 13.2 Å². The van der Waals surface area contributed by atoms with Gasteiger partial charge in [0.05, 0.1) is 22.9 Å². The molecule has 0 N–H and O–H groups in total. The number of carbonyl (C=O) groups is 1. The van der Waals surface area contributed by atoms with Crippen molar-refractivity contribution in [3.63, 3.8) is 0 Å². The highest BCUT2D eigenvalue weighted by Crippen LogP contribution is 2.33. The van der Waals surface area contributed by atoms with Gasteiger partial charge in [0.2, 0.25) is 0 Å². The lowest BCUT2D eigenvalue weighted by Gasteiger charge is -2.22. The Balaban J connectivity index is 0.00000320. The van der Waals surface area contributed by atoms with E-state index < -0.39 is 17.6 Å². The van der Waals surface area contributed by atoms with Crippen LogP contribution in [0.25, 0.3) is 10.2 Å². The predicted octanol–water partition coefficient (Wildman–Crippen LogP) is 4.95. The topological polar surface area (TPSA) is 45.7 Å². The standard InChI is InChI=1S/C20H20F3N3O2S.ClH/c1-25(2)10-11-26(18(27)13-4-6-14(7-5-13)20(21,22)23)19-24-16-9-8-15(28-3)12-17(16)29-19;/h4-9,12H,10-11H2,1-3H3;1H. The van der Waals surface area contributed by atoms with Crippen molar-refractivity contribution in [1.29, 1.82) is 0 Å². The number of ether oxygens (including phenoxy) is 1. The smallest absolute Gasteiger partial charge is 0.416 e. The Hall–Kier alpha value is -2.36. The van der Waals surface area contributed by atoms with Gasteiger partial charge in [-0.15, -0.1) is 12.4 Å². The fourth-order valence-corrected chi connectivity index (χ4v) is 3.70. The Morgan fingerprint density at radius 3 is 2.33 bits per heavy atom. The lowest BCUT2D eigenvalue weighted by molar-refractivity contribution is -0.137. The van der Waals surface area contributed by atoms with E-state index in [-0.39, 0.29) is 18.0 Å². The Labute approximate surface area is 182 Å². The Bertz CT molecular complexity index is 1010. The molecule has 0 aliphatic carbocycles. The van der Waals surface area contributed by atoms with Crippen LogP contribution in [0.5, 0.6) is 5.75 Å². The number of hydrogen-bond acceptors (Lipinski definition) is 5. The minimum Gasteiger partial charge on any atom is -0.497 e. The summed E-state index contributed by atoms with van der Waals surface area (Å²) in [5.41, 5.74) is 0.107. The summed E-state index contributed by atoms with van der Waals surface area (Å²) in [5.74, 6) is 0.285. The molecule has 0 saturated carbocycles. The molecule has 0 aliphatic rings. The Morgan fingerprint density at radius 2 is 1.77 bits per heavy atom. The maximum Gasteiger partial charge on any atom is 0.416 e. The van der Waals surface area contributed by atoms with Gasteiger partial charge in [-0.05, 0) is 56.6 Å². The van der Waals surface area contributed by atoms with Crippen molar-refractivity contribution in [2.24, 2.45) is 0 Å². The molecule has 5 nitrogen and oxygen atoms in total. The predicted molar refractivity (Wildman–Crippen MR) is 115 cm³/mol. The number of halogens is 4. The van der Waals surface area contributed by atoms with Crippen LogP contribution in [0, 0.1) is 0 Å². The summed E-state index contributed by atoms with van der Waals surface area (Å²) in [6.45, 7) is 0.926. The molecule has 162 valence electrons. The third kappa shape index (κ3) is 5.41. The number of thiazole rings is 1. The third-order valence-corrected chi connectivity index (χ3v) is 5.33. The number of methoxy groups -OCH3 is 1. The first-order valence-electron chi connectivity index (χ1n) is 8.77. The zero-order valence-corrected chi connectivity index (χ0v) is 18.2. The normalized spacial score (nSPS) is 11.4. The highest BCUT2D eigenvalue weighted by Gasteiger charge is 2.30. The van der Waals surface area contributed by atoms with Gasteiger partial charge in [-0.1, -0.05) is 11.3 Å². The van der Waals surface area contributed by atoms with Gasteiger partial charge in [-0.25, -0.2) is 4.98 Å². The molecule has 1 amide bonds. The second-order valence-electron chi connectivity index (χ2n) is 6.67. The summed E-state index contributed by atoms with van der Waals surface area (Å²) >= 11 is 1.33. The number of hydrogen-bond donors (Lipinski definition) is 0. The first-order chi connectivity index (χ1) is 13.7. The monoisotopic (exact) mass is 459 g/mol. The fraction of sp³-hybridized carbons (Fsp3) is 0.300. The molecule has 0 spiro atoms. The van der Waals surface area contributed by atoms with Gasteiger partial charge < -0.3 is 9.64 Å². The molecule has 0 aliphatic heterocycles. The summed E-state index contributed by atoms with van der Waals surface area (Å²) in [5, 5.41) is 0.486. The first kappa shape index (κ1) is 23.9. The molecule has 0 bridgehead atoms. The average Bonchev–Trinajstić information content (AvgIpc) is 3.09. The minimum atomic E-state index is -4.45. The second kappa shape index (κ2) is 9.63. The molecule has 1 aromatic heterocycles. The van der Waals surface area contributed by atoms with Crippen LogP contribution >= 0.6 is 23.7 Å². The highest BCUT2D eigenvalue weighted by atomic mass is 35.5. The zero-order chi connectivity index (χ0) is 21.2. The number of alkyl halides is 3. The average molecular weight is 460 g/mol. The van der Waals surface area contributed by atoms with Gasteiger partial charge in [0.1, 0.15) is 5.75 Å². The summed E-state index contributed by atoms with van der Waals surface area (Å²) in [7, 11) is 5.33.